The van der Waals surface area contributed by atoms with Crippen LogP contribution in [0.5, 0.6) is 0 Å². The fourth-order valence-corrected chi connectivity index (χ4v) is 4.23. The van der Waals surface area contributed by atoms with E-state index < -0.39 is 0 Å². The molecule has 2 N–H and O–H groups in total. The smallest absolute Gasteiger partial charge is 0.0501 e. The third-order valence-corrected chi connectivity index (χ3v) is 5.63. The van der Waals surface area contributed by atoms with Crippen LogP contribution in [-0.2, 0) is 0 Å². The van der Waals surface area contributed by atoms with E-state index in [4.69, 9.17) is 11.6 Å². The van der Waals surface area contributed by atoms with Crippen molar-refractivity contribution in [1.29, 1.82) is 0 Å². The van der Waals surface area contributed by atoms with Gasteiger partial charge in [-0.05, 0) is 72.3 Å². The number of anilines is 1. The number of hydrogen-bond acceptors (Lipinski definition) is 2. The van der Waals surface area contributed by atoms with Crippen LogP contribution in [-0.4, -0.2) is 18.6 Å². The number of halogens is 2. The van der Waals surface area contributed by atoms with Crippen LogP contribution in [0, 0.1) is 5.92 Å². The van der Waals surface area contributed by atoms with Gasteiger partial charge in [-0.25, -0.2) is 0 Å². The van der Waals surface area contributed by atoms with Crippen LogP contribution in [0.25, 0.3) is 0 Å². The first-order chi connectivity index (χ1) is 9.74. The number of nitrogens with one attached hydrogen (secondary N) is 2. The molecule has 0 bridgehead atoms. The van der Waals surface area contributed by atoms with Crippen molar-refractivity contribution in [2.45, 2.75) is 50.6 Å². The van der Waals surface area contributed by atoms with Gasteiger partial charge in [0.05, 0.1) is 5.69 Å². The first-order valence-corrected chi connectivity index (χ1v) is 8.86. The zero-order chi connectivity index (χ0) is 13.9. The summed E-state index contributed by atoms with van der Waals surface area (Å²) in [5.41, 5.74) is 1.13. The number of rotatable bonds is 3. The summed E-state index contributed by atoms with van der Waals surface area (Å²) in [6.07, 6.45) is 7.98. The van der Waals surface area contributed by atoms with E-state index in [0.29, 0.717) is 12.1 Å². The van der Waals surface area contributed by atoms with E-state index in [2.05, 4.69) is 26.6 Å². The SMILES string of the molecule is Clc1ccc(Br)c(NC2CCCC2C2CCCCN2)c1. The molecule has 1 aromatic carbocycles. The predicted octanol–water partition coefficient (Wildman–Crippen LogP) is 4.83. The highest BCUT2D eigenvalue weighted by Gasteiger charge is 2.34. The molecule has 2 fully saturated rings. The standard InChI is InChI=1S/C16H22BrClN2/c17-13-8-7-11(18)10-16(13)20-15-6-3-4-12(15)14-5-1-2-9-19-14/h7-8,10,12,14-15,19-20H,1-6,9H2. The van der Waals surface area contributed by atoms with Crippen molar-refractivity contribution < 1.29 is 0 Å². The van der Waals surface area contributed by atoms with E-state index >= 15 is 0 Å². The lowest BCUT2D eigenvalue weighted by Crippen LogP contribution is -2.44. The monoisotopic (exact) mass is 356 g/mol. The minimum atomic E-state index is 0.570. The molecule has 2 nitrogen and oxygen atoms in total. The largest absolute Gasteiger partial charge is 0.381 e. The summed E-state index contributed by atoms with van der Waals surface area (Å²) in [4.78, 5) is 0. The van der Waals surface area contributed by atoms with Gasteiger partial charge in [-0.3, -0.25) is 0 Å². The second-order valence-corrected chi connectivity index (χ2v) is 7.32. The Hall–Kier alpha value is -0.250. The maximum atomic E-state index is 6.11. The van der Waals surface area contributed by atoms with Crippen LogP contribution < -0.4 is 10.6 Å². The lowest BCUT2D eigenvalue weighted by Gasteiger charge is -2.33. The maximum Gasteiger partial charge on any atom is 0.0501 e. The highest BCUT2D eigenvalue weighted by molar-refractivity contribution is 9.10. The molecule has 0 radical (unpaired) electrons. The van der Waals surface area contributed by atoms with Gasteiger partial charge in [-0.1, -0.05) is 24.4 Å². The van der Waals surface area contributed by atoms with Gasteiger partial charge in [0.25, 0.3) is 0 Å². The van der Waals surface area contributed by atoms with E-state index in [1.54, 1.807) is 0 Å². The first kappa shape index (κ1) is 14.7. The van der Waals surface area contributed by atoms with Gasteiger partial charge in [0.1, 0.15) is 0 Å². The summed E-state index contributed by atoms with van der Waals surface area (Å²) in [5, 5.41) is 8.24. The fraction of sp³-hybridized carbons (Fsp3) is 0.625. The molecule has 3 atom stereocenters. The molecule has 110 valence electrons. The molecular formula is C16H22BrClN2. The Balaban J connectivity index is 1.70. The van der Waals surface area contributed by atoms with Gasteiger partial charge < -0.3 is 10.6 Å². The second-order valence-electron chi connectivity index (χ2n) is 6.03. The van der Waals surface area contributed by atoms with Crippen LogP contribution in [0.1, 0.15) is 38.5 Å². The molecule has 1 saturated carbocycles. The molecule has 0 spiro atoms. The van der Waals surface area contributed by atoms with Crippen molar-refractivity contribution >= 4 is 33.2 Å². The Morgan fingerprint density at radius 2 is 2.05 bits per heavy atom. The van der Waals surface area contributed by atoms with Crippen molar-refractivity contribution in [3.8, 4) is 0 Å². The predicted molar refractivity (Wildman–Crippen MR) is 89.5 cm³/mol. The Morgan fingerprint density at radius 1 is 1.15 bits per heavy atom. The van der Waals surface area contributed by atoms with Gasteiger partial charge in [0.2, 0.25) is 0 Å². The molecule has 1 heterocycles. The third kappa shape index (κ3) is 3.32. The Kier molecular flexibility index (Phi) is 4.90. The highest BCUT2D eigenvalue weighted by Crippen LogP contribution is 2.35. The van der Waals surface area contributed by atoms with Gasteiger partial charge >= 0.3 is 0 Å². The molecule has 2 aliphatic rings. The van der Waals surface area contributed by atoms with Crippen molar-refractivity contribution in [2.75, 3.05) is 11.9 Å². The average molecular weight is 358 g/mol. The van der Waals surface area contributed by atoms with E-state index in [1.807, 2.05) is 18.2 Å². The van der Waals surface area contributed by atoms with E-state index in [9.17, 15) is 0 Å². The Bertz CT molecular complexity index is 460. The summed E-state index contributed by atoms with van der Waals surface area (Å²) in [6.45, 7) is 1.19. The molecule has 20 heavy (non-hydrogen) atoms. The normalized spacial score (nSPS) is 30.4. The van der Waals surface area contributed by atoms with Crippen LogP contribution in [0.2, 0.25) is 5.02 Å². The molecule has 3 rings (SSSR count). The first-order valence-electron chi connectivity index (χ1n) is 7.69. The average Bonchev–Trinajstić information content (AvgIpc) is 2.92. The van der Waals surface area contributed by atoms with Crippen molar-refractivity contribution in [3.63, 3.8) is 0 Å². The molecular weight excluding hydrogens is 336 g/mol. The van der Waals surface area contributed by atoms with Gasteiger partial charge in [0.15, 0.2) is 0 Å². The lowest BCUT2D eigenvalue weighted by molar-refractivity contribution is 0.286. The van der Waals surface area contributed by atoms with Crippen LogP contribution in [0.4, 0.5) is 5.69 Å². The van der Waals surface area contributed by atoms with Crippen molar-refractivity contribution in [2.24, 2.45) is 5.92 Å². The van der Waals surface area contributed by atoms with Gasteiger partial charge in [0, 0.05) is 21.6 Å². The molecule has 1 aliphatic heterocycles. The zero-order valence-corrected chi connectivity index (χ0v) is 14.0. The molecule has 1 saturated heterocycles. The third-order valence-electron chi connectivity index (χ3n) is 4.70. The Morgan fingerprint density at radius 3 is 2.85 bits per heavy atom. The summed E-state index contributed by atoms with van der Waals surface area (Å²) >= 11 is 9.73. The van der Waals surface area contributed by atoms with Gasteiger partial charge in [-0.2, -0.15) is 0 Å². The van der Waals surface area contributed by atoms with Crippen LogP contribution in [0.15, 0.2) is 22.7 Å². The minimum absolute atomic E-state index is 0.570. The molecule has 1 aromatic rings. The number of benzene rings is 1. The summed E-state index contributed by atoms with van der Waals surface area (Å²) in [6, 6.07) is 7.23. The summed E-state index contributed by atoms with van der Waals surface area (Å²) < 4.78 is 1.10. The second kappa shape index (κ2) is 6.67. The fourth-order valence-electron chi connectivity index (χ4n) is 3.70. The summed E-state index contributed by atoms with van der Waals surface area (Å²) in [7, 11) is 0. The molecule has 1 aliphatic carbocycles. The van der Waals surface area contributed by atoms with Crippen LogP contribution >= 0.6 is 27.5 Å². The molecule has 4 heteroatoms. The van der Waals surface area contributed by atoms with E-state index in [0.717, 1.165) is 21.1 Å². The summed E-state index contributed by atoms with van der Waals surface area (Å²) in [5.74, 6) is 0.751. The highest BCUT2D eigenvalue weighted by atomic mass is 79.9. The number of hydrogen-bond donors (Lipinski definition) is 2. The molecule has 0 amide bonds. The van der Waals surface area contributed by atoms with Crippen molar-refractivity contribution in [3.05, 3.63) is 27.7 Å². The molecule has 3 unspecified atom stereocenters. The Labute approximate surface area is 134 Å². The lowest BCUT2D eigenvalue weighted by atomic mass is 9.88. The topological polar surface area (TPSA) is 24.1 Å². The quantitative estimate of drug-likeness (QED) is 0.810. The minimum Gasteiger partial charge on any atom is -0.381 e. The van der Waals surface area contributed by atoms with E-state index in [-0.39, 0.29) is 0 Å². The van der Waals surface area contributed by atoms with Gasteiger partial charge in [-0.15, -0.1) is 0 Å². The van der Waals surface area contributed by atoms with Crippen molar-refractivity contribution in [1.82, 2.24) is 5.32 Å². The molecule has 0 aromatic heterocycles. The van der Waals surface area contributed by atoms with Crippen LogP contribution in [0.3, 0.4) is 0 Å². The zero-order valence-electron chi connectivity index (χ0n) is 11.7. The number of piperidine rings is 1. The van der Waals surface area contributed by atoms with E-state index in [1.165, 1.54) is 45.1 Å². The maximum absolute atomic E-state index is 6.11.